The quantitative estimate of drug-likeness (QED) is 0.494. The van der Waals surface area contributed by atoms with Gasteiger partial charge in [-0.1, -0.05) is 18.2 Å². The molecule has 0 aliphatic carbocycles. The fourth-order valence-electron chi connectivity index (χ4n) is 4.43. The number of ether oxygens (including phenoxy) is 1. The Bertz CT molecular complexity index is 1250. The number of nitrogens with zero attached hydrogens (tertiary/aromatic N) is 3. The van der Waals surface area contributed by atoms with Gasteiger partial charge in [0.1, 0.15) is 6.04 Å². The summed E-state index contributed by atoms with van der Waals surface area (Å²) in [5.41, 5.74) is 4.28. The Morgan fingerprint density at radius 1 is 1.11 bits per heavy atom. The van der Waals surface area contributed by atoms with Gasteiger partial charge in [0.15, 0.2) is 0 Å². The lowest BCUT2D eigenvalue weighted by Crippen LogP contribution is -2.52. The van der Waals surface area contributed by atoms with Gasteiger partial charge >= 0.3 is 5.97 Å². The van der Waals surface area contributed by atoms with Crippen LogP contribution in [0.25, 0.3) is 5.69 Å². The number of anilines is 1. The highest BCUT2D eigenvalue weighted by atomic mass is 16.5. The molecule has 1 fully saturated rings. The van der Waals surface area contributed by atoms with E-state index in [-0.39, 0.29) is 24.5 Å². The van der Waals surface area contributed by atoms with Crippen molar-refractivity contribution in [2.45, 2.75) is 39.8 Å². The number of benzene rings is 2. The number of hydrogen-bond donors (Lipinski definition) is 2. The predicted molar refractivity (Wildman–Crippen MR) is 136 cm³/mol. The van der Waals surface area contributed by atoms with E-state index in [0.717, 1.165) is 22.6 Å². The van der Waals surface area contributed by atoms with Gasteiger partial charge < -0.3 is 15.4 Å². The number of aromatic nitrogens is 2. The van der Waals surface area contributed by atoms with Crippen molar-refractivity contribution in [3.05, 3.63) is 77.1 Å². The number of carbonyl (C=O) groups excluding carboxylic acids is 3. The number of piperazine rings is 1. The summed E-state index contributed by atoms with van der Waals surface area (Å²) >= 11 is 0. The van der Waals surface area contributed by atoms with Crippen molar-refractivity contribution in [1.82, 2.24) is 20.0 Å². The Labute approximate surface area is 210 Å². The molecule has 3 aromatic rings. The first kappa shape index (κ1) is 25.1. The molecular formula is C27H31N5O4. The summed E-state index contributed by atoms with van der Waals surface area (Å²) in [5.74, 6) is -0.814. The minimum atomic E-state index is -0.629. The molecular weight excluding hydrogens is 458 g/mol. The number of aryl methyl sites for hydroxylation is 1. The highest BCUT2D eigenvalue weighted by Crippen LogP contribution is 2.30. The zero-order valence-electron chi connectivity index (χ0n) is 20.9. The van der Waals surface area contributed by atoms with Gasteiger partial charge in [-0.2, -0.15) is 5.10 Å². The fourth-order valence-corrected chi connectivity index (χ4v) is 4.43. The molecule has 0 bridgehead atoms. The molecule has 0 spiro atoms. The second kappa shape index (κ2) is 10.7. The largest absolute Gasteiger partial charge is 0.459 e. The molecule has 0 saturated carbocycles. The van der Waals surface area contributed by atoms with Gasteiger partial charge in [-0.3, -0.25) is 14.5 Å². The lowest BCUT2D eigenvalue weighted by Gasteiger charge is -2.34. The van der Waals surface area contributed by atoms with Crippen LogP contribution in [0, 0.1) is 13.8 Å². The Morgan fingerprint density at radius 3 is 2.47 bits per heavy atom. The average Bonchev–Trinajstić information content (AvgIpc) is 3.13. The number of amides is 2. The van der Waals surface area contributed by atoms with Crippen LogP contribution in [-0.2, 0) is 14.3 Å². The Morgan fingerprint density at radius 2 is 1.81 bits per heavy atom. The third-order valence-electron chi connectivity index (χ3n) is 6.03. The van der Waals surface area contributed by atoms with E-state index in [1.165, 1.54) is 0 Å². The number of esters is 1. The lowest BCUT2D eigenvalue weighted by atomic mass is 10.00. The zero-order chi connectivity index (χ0) is 25.8. The topological polar surface area (TPSA) is 106 Å². The van der Waals surface area contributed by atoms with E-state index in [4.69, 9.17) is 4.74 Å². The predicted octanol–water partition coefficient (Wildman–Crippen LogP) is 3.17. The van der Waals surface area contributed by atoms with E-state index < -0.39 is 12.0 Å². The number of hydrogen-bond acceptors (Lipinski definition) is 6. The van der Waals surface area contributed by atoms with Crippen LogP contribution in [0.5, 0.6) is 0 Å². The first-order valence-corrected chi connectivity index (χ1v) is 12.0. The first-order valence-electron chi connectivity index (χ1n) is 12.0. The highest BCUT2D eigenvalue weighted by Gasteiger charge is 2.36. The molecule has 2 amide bonds. The molecule has 1 aliphatic rings. The summed E-state index contributed by atoms with van der Waals surface area (Å²) in [5, 5.41) is 10.5. The maximum absolute atomic E-state index is 13.0. The molecule has 9 nitrogen and oxygen atoms in total. The Kier molecular flexibility index (Phi) is 7.49. The van der Waals surface area contributed by atoms with Gasteiger partial charge in [-0.15, -0.1) is 0 Å². The monoisotopic (exact) mass is 489 g/mol. The van der Waals surface area contributed by atoms with Gasteiger partial charge in [0.2, 0.25) is 11.8 Å². The molecule has 1 saturated heterocycles. The molecule has 1 atom stereocenters. The molecule has 0 radical (unpaired) electrons. The molecule has 188 valence electrons. The molecule has 1 unspecified atom stereocenters. The van der Waals surface area contributed by atoms with Gasteiger partial charge in [0.25, 0.3) is 0 Å². The zero-order valence-corrected chi connectivity index (χ0v) is 20.9. The number of para-hydroxylation sites is 1. The molecule has 2 aromatic carbocycles. The summed E-state index contributed by atoms with van der Waals surface area (Å²) in [6, 6.07) is 15.7. The second-order valence-electron chi connectivity index (χ2n) is 9.08. The second-order valence-corrected chi connectivity index (χ2v) is 9.08. The summed E-state index contributed by atoms with van der Waals surface area (Å²) in [4.78, 5) is 39.8. The summed E-state index contributed by atoms with van der Waals surface area (Å²) in [6.07, 6.45) is -0.210. The van der Waals surface area contributed by atoms with Crippen molar-refractivity contribution in [3.8, 4) is 5.69 Å². The Balaban J connectivity index is 1.50. The Hall–Kier alpha value is -3.98. The van der Waals surface area contributed by atoms with E-state index >= 15 is 0 Å². The van der Waals surface area contributed by atoms with Gasteiger partial charge in [0, 0.05) is 30.0 Å². The van der Waals surface area contributed by atoms with E-state index in [0.29, 0.717) is 24.3 Å². The van der Waals surface area contributed by atoms with Crippen molar-refractivity contribution in [2.75, 3.05) is 25.0 Å². The fraction of sp³-hybridized carbons (Fsp3) is 0.333. The van der Waals surface area contributed by atoms with Crippen molar-refractivity contribution >= 4 is 23.5 Å². The lowest BCUT2D eigenvalue weighted by molar-refractivity contribution is -0.130. The standard InChI is InChI=1S/C27H31N5O4/c1-17(2)36-27(35)20-10-12-21(13-11-20)29-23(33)16-31-15-14-28-26(34)25(31)24-18(3)30-32(19(24)4)22-8-6-5-7-9-22/h5-13,17,25H,14-16H2,1-4H3,(H,28,34)(H,29,33). The SMILES string of the molecule is Cc1nn(-c2ccccc2)c(C)c1C1C(=O)NCCN1CC(=O)Nc1ccc(C(=O)OC(C)C)cc1. The van der Waals surface area contributed by atoms with Crippen molar-refractivity contribution in [3.63, 3.8) is 0 Å². The number of rotatable bonds is 7. The molecule has 1 aliphatic heterocycles. The van der Waals surface area contributed by atoms with Gasteiger partial charge in [-0.05, 0) is 64.1 Å². The highest BCUT2D eigenvalue weighted by molar-refractivity contribution is 5.94. The van der Waals surface area contributed by atoms with Crippen LogP contribution in [0.4, 0.5) is 5.69 Å². The smallest absolute Gasteiger partial charge is 0.338 e. The van der Waals surface area contributed by atoms with Crippen molar-refractivity contribution in [1.29, 1.82) is 0 Å². The van der Waals surface area contributed by atoms with E-state index in [9.17, 15) is 14.4 Å². The molecule has 9 heteroatoms. The van der Waals surface area contributed by atoms with Crippen LogP contribution in [-0.4, -0.2) is 58.2 Å². The van der Waals surface area contributed by atoms with Crippen LogP contribution >= 0.6 is 0 Å². The number of carbonyl (C=O) groups is 3. The minimum Gasteiger partial charge on any atom is -0.459 e. The van der Waals surface area contributed by atoms with Gasteiger partial charge in [-0.25, -0.2) is 9.48 Å². The number of nitrogens with one attached hydrogen (secondary N) is 2. The summed E-state index contributed by atoms with van der Waals surface area (Å²) in [7, 11) is 0. The van der Waals surface area contributed by atoms with Crippen LogP contribution in [0.15, 0.2) is 54.6 Å². The first-order chi connectivity index (χ1) is 17.2. The van der Waals surface area contributed by atoms with E-state index in [1.54, 1.807) is 38.1 Å². The van der Waals surface area contributed by atoms with E-state index in [2.05, 4.69) is 15.7 Å². The molecule has 36 heavy (non-hydrogen) atoms. The third kappa shape index (κ3) is 5.46. The normalized spacial score (nSPS) is 16.0. The summed E-state index contributed by atoms with van der Waals surface area (Å²) < 4.78 is 7.02. The third-order valence-corrected chi connectivity index (χ3v) is 6.03. The van der Waals surface area contributed by atoms with Crippen molar-refractivity contribution in [2.24, 2.45) is 0 Å². The van der Waals surface area contributed by atoms with Crippen molar-refractivity contribution < 1.29 is 19.1 Å². The molecule has 2 N–H and O–H groups in total. The maximum atomic E-state index is 13.0. The van der Waals surface area contributed by atoms with E-state index in [1.807, 2.05) is 53.8 Å². The molecule has 1 aromatic heterocycles. The average molecular weight is 490 g/mol. The van der Waals surface area contributed by atoms with Crippen LogP contribution < -0.4 is 10.6 Å². The maximum Gasteiger partial charge on any atom is 0.338 e. The molecule has 4 rings (SSSR count). The molecule has 2 heterocycles. The summed E-state index contributed by atoms with van der Waals surface area (Å²) in [6.45, 7) is 8.42. The van der Waals surface area contributed by atoms with Crippen LogP contribution in [0.2, 0.25) is 0 Å². The van der Waals surface area contributed by atoms with Crippen LogP contribution in [0.1, 0.15) is 47.2 Å². The van der Waals surface area contributed by atoms with Crippen LogP contribution in [0.3, 0.4) is 0 Å². The minimum absolute atomic E-state index is 0.0324. The van der Waals surface area contributed by atoms with Gasteiger partial charge in [0.05, 0.1) is 29.6 Å².